The third-order valence-electron chi connectivity index (χ3n) is 1.45. The van der Waals surface area contributed by atoms with Crippen LogP contribution in [0.4, 0.5) is 39.5 Å². The maximum Gasteiger partial charge on any atom is 0.412 e. The quantitative estimate of drug-likeness (QED) is 0.678. The van der Waals surface area contributed by atoms with E-state index in [-0.39, 0.29) is 0 Å². The van der Waals surface area contributed by atoms with Crippen molar-refractivity contribution in [3.05, 3.63) is 17.2 Å². The summed E-state index contributed by atoms with van der Waals surface area (Å²) in [7, 11) is 0. The lowest BCUT2D eigenvalue weighted by molar-refractivity contribution is -0.166. The van der Waals surface area contributed by atoms with Crippen molar-refractivity contribution in [1.29, 1.82) is 0 Å². The molecule has 0 atom stereocenters. The molecular formula is C6F9N2-. The van der Waals surface area contributed by atoms with E-state index in [2.05, 4.69) is 0 Å². The van der Waals surface area contributed by atoms with Crippen molar-refractivity contribution < 1.29 is 39.5 Å². The number of rotatable bonds is 0. The van der Waals surface area contributed by atoms with Gasteiger partial charge in [0.2, 0.25) is 0 Å². The molecule has 0 aliphatic rings. The third kappa shape index (κ3) is 2.82. The molecule has 0 spiro atoms. The molecule has 0 aliphatic heterocycles. The van der Waals surface area contributed by atoms with Gasteiger partial charge in [-0.05, 0) is 0 Å². The zero-order valence-corrected chi connectivity index (χ0v) is 7.30. The molecule has 0 unspecified atom stereocenters. The SMILES string of the molecule is FC(F)(F)c1nc(C(F)(F)F)c(C(F)(F)F)[n-]1. The van der Waals surface area contributed by atoms with Crippen LogP contribution in [0, 0.1) is 0 Å². The van der Waals surface area contributed by atoms with Crippen LogP contribution in [0.5, 0.6) is 0 Å². The number of hydrogen-bond donors (Lipinski definition) is 0. The predicted octanol–water partition coefficient (Wildman–Crippen LogP) is 3.10. The van der Waals surface area contributed by atoms with Gasteiger partial charge in [0.25, 0.3) is 0 Å². The molecule has 17 heavy (non-hydrogen) atoms. The summed E-state index contributed by atoms with van der Waals surface area (Å²) in [5.41, 5.74) is -5.39. The van der Waals surface area contributed by atoms with E-state index in [0.717, 1.165) is 0 Å². The first-order valence-electron chi connectivity index (χ1n) is 3.60. The summed E-state index contributed by atoms with van der Waals surface area (Å²) >= 11 is 0. The summed E-state index contributed by atoms with van der Waals surface area (Å²) in [6, 6.07) is 0. The molecule has 1 aromatic rings. The number of alkyl halides is 9. The van der Waals surface area contributed by atoms with E-state index in [0.29, 0.717) is 0 Å². The van der Waals surface area contributed by atoms with Crippen LogP contribution < -0.4 is 4.98 Å². The fourth-order valence-corrected chi connectivity index (χ4v) is 0.865. The molecule has 0 fully saturated rings. The van der Waals surface area contributed by atoms with Gasteiger partial charge in [-0.15, -0.1) is 0 Å². The Labute approximate surface area is 86.4 Å². The lowest BCUT2D eigenvalue weighted by Gasteiger charge is -2.13. The lowest BCUT2D eigenvalue weighted by Crippen LogP contribution is -2.16. The molecule has 1 rings (SSSR count). The monoisotopic (exact) mass is 271 g/mol. The number of aromatic nitrogens is 2. The molecule has 0 radical (unpaired) electrons. The van der Waals surface area contributed by atoms with E-state index in [9.17, 15) is 39.5 Å². The Morgan fingerprint density at radius 1 is 0.706 bits per heavy atom. The third-order valence-corrected chi connectivity index (χ3v) is 1.45. The van der Waals surface area contributed by atoms with E-state index in [1.54, 1.807) is 0 Å². The Balaban J connectivity index is 3.44. The second-order valence-corrected chi connectivity index (χ2v) is 2.74. The molecule has 2 nitrogen and oxygen atoms in total. The van der Waals surface area contributed by atoms with Gasteiger partial charge in [0.15, 0.2) is 0 Å². The van der Waals surface area contributed by atoms with Gasteiger partial charge >= 0.3 is 18.5 Å². The van der Waals surface area contributed by atoms with Crippen LogP contribution in [0.15, 0.2) is 0 Å². The first-order valence-corrected chi connectivity index (χ1v) is 3.60. The molecule has 0 bridgehead atoms. The molecule has 0 saturated heterocycles. The zero-order chi connectivity index (χ0) is 13.6. The minimum absolute atomic E-state index is 1.84. The van der Waals surface area contributed by atoms with Crippen molar-refractivity contribution in [3.63, 3.8) is 0 Å². The normalized spacial score (nSPS) is 14.2. The highest BCUT2D eigenvalue weighted by atomic mass is 19.4. The van der Waals surface area contributed by atoms with Gasteiger partial charge in [0.1, 0.15) is 0 Å². The molecule has 1 aromatic heterocycles. The van der Waals surface area contributed by atoms with Crippen molar-refractivity contribution in [3.8, 4) is 0 Å². The predicted molar refractivity (Wildman–Crippen MR) is 32.6 cm³/mol. The number of halogens is 9. The minimum Gasteiger partial charge on any atom is -0.428 e. The zero-order valence-electron chi connectivity index (χ0n) is 7.30. The van der Waals surface area contributed by atoms with E-state index in [1.807, 2.05) is 9.97 Å². The highest BCUT2D eigenvalue weighted by molar-refractivity contribution is 5.21. The van der Waals surface area contributed by atoms with Gasteiger partial charge in [-0.3, -0.25) is 0 Å². The number of hydrogen-bond acceptors (Lipinski definition) is 1. The highest BCUT2D eigenvalue weighted by Crippen LogP contribution is 2.40. The van der Waals surface area contributed by atoms with E-state index in [1.165, 1.54) is 0 Å². The largest absolute Gasteiger partial charge is 0.428 e. The van der Waals surface area contributed by atoms with Crippen LogP contribution in [-0.4, -0.2) is 4.98 Å². The number of nitrogens with zero attached hydrogens (tertiary/aromatic N) is 2. The molecule has 1 heterocycles. The van der Waals surface area contributed by atoms with Crippen LogP contribution >= 0.6 is 0 Å². The molecule has 0 amide bonds. The average Bonchev–Trinajstić information content (AvgIpc) is 2.42. The molecular weight excluding hydrogens is 271 g/mol. The second-order valence-electron chi connectivity index (χ2n) is 2.74. The molecule has 0 aliphatic carbocycles. The standard InChI is InChI=1S/C6F9N2/c7-4(8,9)1-2(5(10,11)12)17-3(16-1)6(13,14)15/q-1. The Kier molecular flexibility index (Phi) is 2.84. The van der Waals surface area contributed by atoms with Crippen molar-refractivity contribution in [2.45, 2.75) is 18.5 Å². The molecule has 98 valence electrons. The molecule has 0 N–H and O–H groups in total. The fourth-order valence-electron chi connectivity index (χ4n) is 0.865. The van der Waals surface area contributed by atoms with E-state index in [4.69, 9.17) is 0 Å². The summed E-state index contributed by atoms with van der Waals surface area (Å²) in [5, 5.41) is 0. The fraction of sp³-hybridized carbons (Fsp3) is 0.500. The summed E-state index contributed by atoms with van der Waals surface area (Å²) in [4.78, 5) is 3.68. The average molecular weight is 271 g/mol. The molecule has 0 aromatic carbocycles. The lowest BCUT2D eigenvalue weighted by atomic mass is 10.3. The summed E-state index contributed by atoms with van der Waals surface area (Å²) in [6.07, 6.45) is -16.8. The van der Waals surface area contributed by atoms with E-state index < -0.39 is 35.7 Å². The molecule has 0 saturated carbocycles. The van der Waals surface area contributed by atoms with Crippen LogP contribution in [0.1, 0.15) is 17.2 Å². The smallest absolute Gasteiger partial charge is 0.412 e. The van der Waals surface area contributed by atoms with Gasteiger partial charge < -0.3 is 9.97 Å². The summed E-state index contributed by atoms with van der Waals surface area (Å²) in [6.45, 7) is 0. The van der Waals surface area contributed by atoms with Gasteiger partial charge in [-0.1, -0.05) is 0 Å². The highest BCUT2D eigenvalue weighted by Gasteiger charge is 2.43. The van der Waals surface area contributed by atoms with Crippen LogP contribution in [-0.2, 0) is 18.5 Å². The maximum atomic E-state index is 12.0. The number of imidazole rings is 1. The van der Waals surface area contributed by atoms with Crippen LogP contribution in [0.3, 0.4) is 0 Å². The maximum absolute atomic E-state index is 12.0. The Morgan fingerprint density at radius 3 is 1.41 bits per heavy atom. The van der Waals surface area contributed by atoms with Gasteiger partial charge in [0, 0.05) is 17.2 Å². The first kappa shape index (κ1) is 13.6. The summed E-state index contributed by atoms with van der Waals surface area (Å²) < 4.78 is 108. The Bertz CT molecular complexity index is 375. The van der Waals surface area contributed by atoms with Crippen molar-refractivity contribution in [2.75, 3.05) is 0 Å². The second kappa shape index (κ2) is 3.53. The first-order chi connectivity index (χ1) is 7.33. The van der Waals surface area contributed by atoms with Gasteiger partial charge in [0.05, 0.1) is 0 Å². The summed E-state index contributed by atoms with van der Waals surface area (Å²) in [5.74, 6) is -2.47. The van der Waals surface area contributed by atoms with Gasteiger partial charge in [-0.2, -0.15) is 39.5 Å². The van der Waals surface area contributed by atoms with Crippen LogP contribution in [0.25, 0.3) is 0 Å². The Hall–Kier alpha value is -1.42. The Morgan fingerprint density at radius 2 is 1.18 bits per heavy atom. The minimum atomic E-state index is -5.67. The topological polar surface area (TPSA) is 27.0 Å². The van der Waals surface area contributed by atoms with Crippen molar-refractivity contribution in [2.24, 2.45) is 0 Å². The van der Waals surface area contributed by atoms with E-state index >= 15 is 0 Å². The van der Waals surface area contributed by atoms with Gasteiger partial charge in [-0.25, -0.2) is 0 Å². The van der Waals surface area contributed by atoms with Crippen LogP contribution in [0.2, 0.25) is 0 Å². The molecule has 11 heteroatoms. The van der Waals surface area contributed by atoms with Crippen molar-refractivity contribution >= 4 is 0 Å². The van der Waals surface area contributed by atoms with Crippen molar-refractivity contribution in [1.82, 2.24) is 9.97 Å².